The van der Waals surface area contributed by atoms with Gasteiger partial charge in [-0.1, -0.05) is 24.3 Å². The van der Waals surface area contributed by atoms with E-state index in [1.807, 2.05) is 18.2 Å². The number of aliphatic imine (C=N–C) groups is 1. The quantitative estimate of drug-likeness (QED) is 0.700. The molecule has 0 aromatic heterocycles. The summed E-state index contributed by atoms with van der Waals surface area (Å²) in [6, 6.07) is 12.5. The molecule has 0 bridgehead atoms. The highest BCUT2D eigenvalue weighted by atomic mass is 19.4. The minimum atomic E-state index is -4.47. The molecule has 1 aliphatic rings. The van der Waals surface area contributed by atoms with Crippen molar-refractivity contribution in [2.45, 2.75) is 18.3 Å². The summed E-state index contributed by atoms with van der Waals surface area (Å²) in [6.07, 6.45) is -3.55. The molecule has 0 amide bonds. The number of ether oxygens (including phenoxy) is 3. The molecule has 0 N–H and O–H groups in total. The molecular formula is C19H18F3NO3. The fourth-order valence-corrected chi connectivity index (χ4v) is 2.52. The summed E-state index contributed by atoms with van der Waals surface area (Å²) in [5.74, 6) is 0.759. The number of rotatable bonds is 8. The highest BCUT2D eigenvalue weighted by Crippen LogP contribution is 2.40. The van der Waals surface area contributed by atoms with Crippen LogP contribution in [0.1, 0.15) is 17.2 Å². The number of nitrogens with zero attached hydrogens (tertiary/aromatic N) is 1. The van der Waals surface area contributed by atoms with Gasteiger partial charge in [-0.05, 0) is 29.8 Å². The summed E-state index contributed by atoms with van der Waals surface area (Å²) in [5.41, 5.74) is -0.605. The Morgan fingerprint density at radius 1 is 1.04 bits per heavy atom. The number of hydrogen-bond acceptors (Lipinski definition) is 4. The minimum absolute atomic E-state index is 0.112. The highest BCUT2D eigenvalue weighted by molar-refractivity contribution is 5.80. The zero-order valence-corrected chi connectivity index (χ0v) is 14.1. The molecule has 0 spiro atoms. The van der Waals surface area contributed by atoms with Crippen molar-refractivity contribution in [2.75, 3.05) is 20.3 Å². The molecule has 1 heterocycles. The first-order valence-corrected chi connectivity index (χ1v) is 8.05. The van der Waals surface area contributed by atoms with Crippen LogP contribution < -0.4 is 9.47 Å². The lowest BCUT2D eigenvalue weighted by Crippen LogP contribution is -2.29. The van der Waals surface area contributed by atoms with Gasteiger partial charge < -0.3 is 14.2 Å². The number of para-hydroxylation sites is 1. The monoisotopic (exact) mass is 365 g/mol. The van der Waals surface area contributed by atoms with Crippen LogP contribution in [0.4, 0.5) is 13.2 Å². The van der Waals surface area contributed by atoms with E-state index < -0.39 is 23.9 Å². The second-order valence-electron chi connectivity index (χ2n) is 5.81. The zero-order valence-electron chi connectivity index (χ0n) is 14.1. The standard InChI is InChI=1S/C19H18F3NO3/c1-24-11-15(12-25-13-5-3-2-4-6-13)26-14-7-8-16(18-10-23-18)17(9-14)19(20,21)22/h2-10,15,18H,11-12H2,1H3. The molecule has 2 aromatic rings. The molecule has 0 radical (unpaired) electrons. The molecule has 0 saturated heterocycles. The normalized spacial score (nSPS) is 17.0. The van der Waals surface area contributed by atoms with Crippen LogP contribution in [0.15, 0.2) is 53.5 Å². The number of hydrogen-bond donors (Lipinski definition) is 0. The Kier molecular flexibility index (Phi) is 5.46. The van der Waals surface area contributed by atoms with Crippen molar-refractivity contribution in [3.8, 4) is 11.5 Å². The van der Waals surface area contributed by atoms with E-state index in [0.717, 1.165) is 6.07 Å². The van der Waals surface area contributed by atoms with E-state index in [1.165, 1.54) is 25.5 Å². The molecule has 138 valence electrons. The second kappa shape index (κ2) is 7.78. The van der Waals surface area contributed by atoms with Crippen molar-refractivity contribution in [1.29, 1.82) is 0 Å². The maximum absolute atomic E-state index is 13.3. The Balaban J connectivity index is 1.72. The van der Waals surface area contributed by atoms with Gasteiger partial charge in [0.1, 0.15) is 24.1 Å². The molecule has 3 rings (SSSR count). The first-order chi connectivity index (χ1) is 12.5. The molecule has 4 nitrogen and oxygen atoms in total. The fourth-order valence-electron chi connectivity index (χ4n) is 2.52. The van der Waals surface area contributed by atoms with Gasteiger partial charge in [-0.2, -0.15) is 13.2 Å². The van der Waals surface area contributed by atoms with E-state index >= 15 is 0 Å². The van der Waals surface area contributed by atoms with Gasteiger partial charge in [0.15, 0.2) is 6.10 Å². The summed E-state index contributed by atoms with van der Waals surface area (Å²) in [5, 5.41) is 0. The average Bonchev–Trinajstić information content (AvgIpc) is 3.45. The predicted molar refractivity (Wildman–Crippen MR) is 90.9 cm³/mol. The topological polar surface area (TPSA) is 40.0 Å². The van der Waals surface area contributed by atoms with Crippen molar-refractivity contribution < 1.29 is 27.4 Å². The van der Waals surface area contributed by atoms with Crippen LogP contribution in [-0.2, 0) is 10.9 Å². The average molecular weight is 365 g/mol. The Bertz CT molecular complexity index is 756. The maximum Gasteiger partial charge on any atom is 0.416 e. The van der Waals surface area contributed by atoms with E-state index in [9.17, 15) is 13.2 Å². The number of benzene rings is 2. The summed E-state index contributed by atoms with van der Waals surface area (Å²) in [4.78, 5) is 3.82. The van der Waals surface area contributed by atoms with E-state index in [1.54, 1.807) is 12.1 Å². The molecule has 1 aliphatic heterocycles. The summed E-state index contributed by atoms with van der Waals surface area (Å²) in [7, 11) is 1.49. The lowest BCUT2D eigenvalue weighted by Gasteiger charge is -2.20. The van der Waals surface area contributed by atoms with Gasteiger partial charge in [0, 0.05) is 13.3 Å². The lowest BCUT2D eigenvalue weighted by molar-refractivity contribution is -0.138. The van der Waals surface area contributed by atoms with Gasteiger partial charge in [0.25, 0.3) is 0 Å². The third-order valence-corrected chi connectivity index (χ3v) is 3.78. The van der Waals surface area contributed by atoms with Crippen molar-refractivity contribution in [3.63, 3.8) is 0 Å². The van der Waals surface area contributed by atoms with Crippen LogP contribution in [0.25, 0.3) is 0 Å². The fraction of sp³-hybridized carbons (Fsp3) is 0.316. The first-order valence-electron chi connectivity index (χ1n) is 8.05. The molecule has 2 aromatic carbocycles. The van der Waals surface area contributed by atoms with Crippen LogP contribution in [0.3, 0.4) is 0 Å². The van der Waals surface area contributed by atoms with Crippen molar-refractivity contribution >= 4 is 6.21 Å². The Labute approximate surface area is 149 Å². The van der Waals surface area contributed by atoms with E-state index in [-0.39, 0.29) is 24.5 Å². The Hall–Kier alpha value is -2.54. The van der Waals surface area contributed by atoms with Crippen LogP contribution in [0, 0.1) is 0 Å². The Morgan fingerprint density at radius 2 is 1.77 bits per heavy atom. The molecule has 26 heavy (non-hydrogen) atoms. The molecule has 2 atom stereocenters. The summed E-state index contributed by atoms with van der Waals surface area (Å²) in [6.45, 7) is 0.328. The van der Waals surface area contributed by atoms with Crippen molar-refractivity contribution in [2.24, 2.45) is 4.99 Å². The van der Waals surface area contributed by atoms with Crippen molar-refractivity contribution in [1.82, 2.24) is 0 Å². The zero-order chi connectivity index (χ0) is 18.6. The molecule has 0 fully saturated rings. The van der Waals surface area contributed by atoms with Gasteiger partial charge in [-0.25, -0.2) is 0 Å². The van der Waals surface area contributed by atoms with Gasteiger partial charge in [0.05, 0.1) is 12.2 Å². The first kappa shape index (κ1) is 18.3. The third-order valence-electron chi connectivity index (χ3n) is 3.78. The molecular weight excluding hydrogens is 347 g/mol. The van der Waals surface area contributed by atoms with Gasteiger partial charge >= 0.3 is 6.18 Å². The lowest BCUT2D eigenvalue weighted by atomic mass is 10.0. The van der Waals surface area contributed by atoms with E-state index in [2.05, 4.69) is 4.99 Å². The van der Waals surface area contributed by atoms with Crippen LogP contribution in [0.2, 0.25) is 0 Å². The minimum Gasteiger partial charge on any atom is -0.490 e. The maximum atomic E-state index is 13.3. The molecule has 2 unspecified atom stereocenters. The summed E-state index contributed by atoms with van der Waals surface area (Å²) < 4.78 is 56.3. The number of halogens is 3. The van der Waals surface area contributed by atoms with E-state index in [4.69, 9.17) is 14.2 Å². The third kappa shape index (κ3) is 4.76. The second-order valence-corrected chi connectivity index (χ2v) is 5.81. The van der Waals surface area contributed by atoms with Crippen LogP contribution >= 0.6 is 0 Å². The van der Waals surface area contributed by atoms with Gasteiger partial charge in [-0.15, -0.1) is 0 Å². The SMILES string of the molecule is COCC(COc1ccccc1)Oc1ccc(C2C=N2)c(C(F)(F)F)c1. The molecule has 0 aliphatic carbocycles. The van der Waals surface area contributed by atoms with Crippen molar-refractivity contribution in [3.05, 3.63) is 59.7 Å². The number of methoxy groups -OCH3 is 1. The largest absolute Gasteiger partial charge is 0.490 e. The van der Waals surface area contributed by atoms with Crippen LogP contribution in [0.5, 0.6) is 11.5 Å². The van der Waals surface area contributed by atoms with Gasteiger partial charge in [-0.3, -0.25) is 4.99 Å². The molecule has 0 saturated carbocycles. The Morgan fingerprint density at radius 3 is 2.38 bits per heavy atom. The molecule has 7 heteroatoms. The number of alkyl halides is 3. The van der Waals surface area contributed by atoms with Gasteiger partial charge in [0.2, 0.25) is 0 Å². The van der Waals surface area contributed by atoms with E-state index in [0.29, 0.717) is 5.75 Å². The summed E-state index contributed by atoms with van der Waals surface area (Å²) >= 11 is 0. The van der Waals surface area contributed by atoms with Crippen LogP contribution in [-0.4, -0.2) is 32.6 Å². The smallest absolute Gasteiger partial charge is 0.416 e. The predicted octanol–water partition coefficient (Wildman–Crippen LogP) is 4.30. The highest BCUT2D eigenvalue weighted by Gasteiger charge is 2.37.